The number of hydrogen-bond acceptors (Lipinski definition) is 0. The van der Waals surface area contributed by atoms with Crippen LogP contribution in [0, 0.1) is 13.8 Å². The van der Waals surface area contributed by atoms with Gasteiger partial charge in [0.15, 0.2) is 0 Å². The van der Waals surface area contributed by atoms with Gasteiger partial charge in [0, 0.05) is 0 Å². The largest absolute Gasteiger partial charge is 0.0622 e. The van der Waals surface area contributed by atoms with Crippen LogP contribution in [0.25, 0.3) is 44.5 Å². The second-order valence-corrected chi connectivity index (χ2v) is 13.1. The van der Waals surface area contributed by atoms with E-state index in [0.717, 1.165) is 0 Å². The highest BCUT2D eigenvalue weighted by molar-refractivity contribution is 5.72. The molecule has 0 spiro atoms. The Morgan fingerprint density at radius 1 is 0.277 bits per heavy atom. The molecule has 0 unspecified atom stereocenters. The third-order valence-electron chi connectivity index (χ3n) is 9.73. The Morgan fingerprint density at radius 3 is 0.894 bits per heavy atom. The summed E-state index contributed by atoms with van der Waals surface area (Å²) in [4.78, 5) is 0. The van der Waals surface area contributed by atoms with Crippen molar-refractivity contribution in [3.8, 4) is 44.5 Å². The Hall–Kier alpha value is -4.68. The summed E-state index contributed by atoms with van der Waals surface area (Å²) < 4.78 is 0. The molecule has 0 saturated heterocycles. The van der Waals surface area contributed by atoms with Crippen LogP contribution in [0.1, 0.15) is 67.2 Å². The van der Waals surface area contributed by atoms with E-state index in [-0.39, 0.29) is 0 Å². The van der Waals surface area contributed by atoms with Gasteiger partial charge in [-0.25, -0.2) is 0 Å². The maximum absolute atomic E-state index is 2.37. The fourth-order valence-electron chi connectivity index (χ4n) is 6.80. The monoisotopic (exact) mass is 612 g/mol. The van der Waals surface area contributed by atoms with Gasteiger partial charge in [0.2, 0.25) is 0 Å². The quantitative estimate of drug-likeness (QED) is 0.107. The molecule has 0 fully saturated rings. The van der Waals surface area contributed by atoms with E-state index in [1.807, 2.05) is 0 Å². The maximum Gasteiger partial charge on any atom is -0.0181 e. The van der Waals surface area contributed by atoms with Gasteiger partial charge in [-0.1, -0.05) is 178 Å². The fourth-order valence-corrected chi connectivity index (χ4v) is 6.80. The number of hydrogen-bond donors (Lipinski definition) is 0. The molecule has 0 heteroatoms. The standard InChI is InChI=1S/C47H48/c1-36-34-46(44-28-24-42(25-29-44)40-18-12-8-13-19-40)32-22-38(36)16-10-6-4-3-5-7-11-17-39-23-33-47(35-37(39)2)45-30-26-43(27-31-45)41-20-14-9-15-21-41/h8-9,12-15,18-35H,3-7,10-11,16-17H2,1-2H3. The first-order valence-electron chi connectivity index (χ1n) is 17.6. The molecule has 0 aromatic heterocycles. The molecule has 0 saturated carbocycles. The number of unbranched alkanes of at least 4 members (excludes halogenated alkanes) is 6. The molecule has 0 bridgehead atoms. The molecule has 0 N–H and O–H groups in total. The maximum atomic E-state index is 2.37. The summed E-state index contributed by atoms with van der Waals surface area (Å²) in [5, 5.41) is 0. The Kier molecular flexibility index (Phi) is 11.1. The molecule has 6 aromatic rings. The van der Waals surface area contributed by atoms with Crippen molar-refractivity contribution in [2.24, 2.45) is 0 Å². The third kappa shape index (κ3) is 8.78. The molecule has 0 aliphatic rings. The predicted molar refractivity (Wildman–Crippen MR) is 204 cm³/mol. The first-order chi connectivity index (χ1) is 23.1. The first-order valence-corrected chi connectivity index (χ1v) is 17.6. The van der Waals surface area contributed by atoms with E-state index in [9.17, 15) is 0 Å². The van der Waals surface area contributed by atoms with Gasteiger partial charge in [-0.15, -0.1) is 0 Å². The molecule has 0 nitrogen and oxygen atoms in total. The van der Waals surface area contributed by atoms with E-state index >= 15 is 0 Å². The van der Waals surface area contributed by atoms with Crippen molar-refractivity contribution in [3.05, 3.63) is 168 Å². The topological polar surface area (TPSA) is 0 Å². The van der Waals surface area contributed by atoms with Crippen LogP contribution in [-0.4, -0.2) is 0 Å². The minimum atomic E-state index is 1.19. The zero-order valence-corrected chi connectivity index (χ0v) is 28.2. The van der Waals surface area contributed by atoms with E-state index < -0.39 is 0 Å². The van der Waals surface area contributed by atoms with Crippen molar-refractivity contribution < 1.29 is 0 Å². The highest BCUT2D eigenvalue weighted by Gasteiger charge is 2.06. The summed E-state index contributed by atoms with van der Waals surface area (Å²) >= 11 is 0. The van der Waals surface area contributed by atoms with Crippen LogP contribution in [-0.2, 0) is 12.8 Å². The summed E-state index contributed by atoms with van der Waals surface area (Å²) in [7, 11) is 0. The van der Waals surface area contributed by atoms with Gasteiger partial charge in [-0.3, -0.25) is 0 Å². The normalized spacial score (nSPS) is 11.1. The van der Waals surface area contributed by atoms with Crippen molar-refractivity contribution in [2.75, 3.05) is 0 Å². The van der Waals surface area contributed by atoms with E-state index in [4.69, 9.17) is 0 Å². The van der Waals surface area contributed by atoms with Crippen LogP contribution >= 0.6 is 0 Å². The summed E-state index contributed by atoms with van der Waals surface area (Å²) in [6, 6.07) is 53.2. The predicted octanol–water partition coefficient (Wildman–Crippen LogP) is 13.5. The molecule has 0 aliphatic heterocycles. The fraction of sp³-hybridized carbons (Fsp3) is 0.234. The third-order valence-corrected chi connectivity index (χ3v) is 9.73. The van der Waals surface area contributed by atoms with E-state index in [2.05, 4.69) is 159 Å². The van der Waals surface area contributed by atoms with Gasteiger partial charge in [0.25, 0.3) is 0 Å². The SMILES string of the molecule is Cc1cc(-c2ccc(-c3ccccc3)cc2)ccc1CCCCCCCCCc1ccc(-c2ccc(-c3ccccc3)cc2)cc1C. The minimum absolute atomic E-state index is 1.19. The Labute approximate surface area is 283 Å². The molecule has 47 heavy (non-hydrogen) atoms. The zero-order valence-electron chi connectivity index (χ0n) is 28.2. The van der Waals surface area contributed by atoms with Gasteiger partial charge in [-0.05, 0) is 106 Å². The van der Waals surface area contributed by atoms with Crippen molar-refractivity contribution in [3.63, 3.8) is 0 Å². The van der Waals surface area contributed by atoms with Gasteiger partial charge in [0.1, 0.15) is 0 Å². The number of rotatable bonds is 14. The lowest BCUT2D eigenvalue weighted by Crippen LogP contribution is -1.92. The van der Waals surface area contributed by atoms with Crippen molar-refractivity contribution >= 4 is 0 Å². The van der Waals surface area contributed by atoms with Crippen molar-refractivity contribution in [1.82, 2.24) is 0 Å². The molecule has 236 valence electrons. The second-order valence-electron chi connectivity index (χ2n) is 13.1. The van der Waals surface area contributed by atoms with Crippen LogP contribution in [0.3, 0.4) is 0 Å². The molecular formula is C47H48. The van der Waals surface area contributed by atoms with Crippen molar-refractivity contribution in [1.29, 1.82) is 0 Å². The van der Waals surface area contributed by atoms with Gasteiger partial charge in [0.05, 0.1) is 0 Å². The summed E-state index contributed by atoms with van der Waals surface area (Å²) in [6.45, 7) is 4.55. The molecule has 0 aliphatic carbocycles. The van der Waals surface area contributed by atoms with Crippen LogP contribution < -0.4 is 0 Å². The molecule has 6 aromatic carbocycles. The average Bonchev–Trinajstić information content (AvgIpc) is 3.13. The lowest BCUT2D eigenvalue weighted by molar-refractivity contribution is 0.578. The Morgan fingerprint density at radius 2 is 0.553 bits per heavy atom. The lowest BCUT2D eigenvalue weighted by Gasteiger charge is -2.11. The zero-order chi connectivity index (χ0) is 32.3. The smallest absolute Gasteiger partial charge is 0.0181 e. The van der Waals surface area contributed by atoms with Gasteiger partial charge >= 0.3 is 0 Å². The van der Waals surface area contributed by atoms with Crippen LogP contribution in [0.15, 0.2) is 146 Å². The number of aryl methyl sites for hydroxylation is 4. The first kappa shape index (κ1) is 32.3. The summed E-state index contributed by atoms with van der Waals surface area (Å²) in [5.74, 6) is 0. The summed E-state index contributed by atoms with van der Waals surface area (Å²) in [6.07, 6.45) is 11.7. The van der Waals surface area contributed by atoms with Gasteiger partial charge in [-0.2, -0.15) is 0 Å². The van der Waals surface area contributed by atoms with Gasteiger partial charge < -0.3 is 0 Å². The second kappa shape index (κ2) is 16.2. The van der Waals surface area contributed by atoms with E-state index in [1.54, 1.807) is 0 Å². The molecule has 0 heterocycles. The van der Waals surface area contributed by atoms with Crippen LogP contribution in [0.2, 0.25) is 0 Å². The molecular weight excluding hydrogens is 565 g/mol. The highest BCUT2D eigenvalue weighted by atomic mass is 14.1. The molecule has 0 radical (unpaired) electrons. The molecule has 0 amide bonds. The summed E-state index contributed by atoms with van der Waals surface area (Å²) in [5.41, 5.74) is 16.1. The Bertz CT molecular complexity index is 1690. The molecule has 6 rings (SSSR count). The van der Waals surface area contributed by atoms with Crippen LogP contribution in [0.4, 0.5) is 0 Å². The minimum Gasteiger partial charge on any atom is -0.0622 e. The number of benzene rings is 6. The average molecular weight is 613 g/mol. The van der Waals surface area contributed by atoms with Crippen LogP contribution in [0.5, 0.6) is 0 Å². The van der Waals surface area contributed by atoms with E-state index in [1.165, 1.54) is 125 Å². The van der Waals surface area contributed by atoms with Crippen molar-refractivity contribution in [2.45, 2.75) is 71.6 Å². The molecule has 0 atom stereocenters. The van der Waals surface area contributed by atoms with E-state index in [0.29, 0.717) is 0 Å². The Balaban J connectivity index is 0.874. The lowest BCUT2D eigenvalue weighted by atomic mass is 9.95. The highest BCUT2D eigenvalue weighted by Crippen LogP contribution is 2.29.